The van der Waals surface area contributed by atoms with Gasteiger partial charge in [0.1, 0.15) is 6.61 Å². The number of amides is 1. The standard InChI is InChI=1S/C23H24N2O3/c1-23(2,3)16-8-9-19-20(12-16)27-14-21(28-19)22(26)25-13-15-10-11-24-18-7-5-4-6-17(15)18/h4-12,21H,13-14H2,1-3H3,(H,25,26). The molecule has 5 heteroatoms. The van der Waals surface area contributed by atoms with Crippen molar-refractivity contribution in [1.82, 2.24) is 10.3 Å². The number of rotatable bonds is 3. The van der Waals surface area contributed by atoms with E-state index in [2.05, 4.69) is 31.1 Å². The topological polar surface area (TPSA) is 60.5 Å². The van der Waals surface area contributed by atoms with Crippen molar-refractivity contribution in [1.29, 1.82) is 0 Å². The van der Waals surface area contributed by atoms with E-state index in [1.54, 1.807) is 6.20 Å². The van der Waals surface area contributed by atoms with Crippen LogP contribution in [0, 0.1) is 0 Å². The van der Waals surface area contributed by atoms with E-state index >= 15 is 0 Å². The van der Waals surface area contributed by atoms with Gasteiger partial charge in [0.2, 0.25) is 6.10 Å². The van der Waals surface area contributed by atoms with Crippen molar-refractivity contribution in [3.63, 3.8) is 0 Å². The van der Waals surface area contributed by atoms with E-state index in [1.807, 2.05) is 48.5 Å². The van der Waals surface area contributed by atoms with Gasteiger partial charge in [0, 0.05) is 18.1 Å². The predicted octanol–water partition coefficient (Wildman–Crippen LogP) is 3.99. The smallest absolute Gasteiger partial charge is 0.264 e. The second-order valence-electron chi connectivity index (χ2n) is 8.03. The zero-order chi connectivity index (χ0) is 19.7. The van der Waals surface area contributed by atoms with E-state index in [9.17, 15) is 4.79 Å². The minimum absolute atomic E-state index is 0.0277. The van der Waals surface area contributed by atoms with Crippen molar-refractivity contribution in [2.24, 2.45) is 0 Å². The normalized spacial score (nSPS) is 16.0. The number of carbonyl (C=O) groups is 1. The fourth-order valence-corrected chi connectivity index (χ4v) is 3.27. The van der Waals surface area contributed by atoms with Crippen LogP contribution in [0.1, 0.15) is 31.9 Å². The molecule has 4 rings (SSSR count). The summed E-state index contributed by atoms with van der Waals surface area (Å²) in [5, 5.41) is 3.99. The van der Waals surface area contributed by atoms with Gasteiger partial charge >= 0.3 is 0 Å². The summed E-state index contributed by atoms with van der Waals surface area (Å²) in [5.74, 6) is 1.11. The summed E-state index contributed by atoms with van der Waals surface area (Å²) in [5.41, 5.74) is 3.13. The molecule has 0 fully saturated rings. The van der Waals surface area contributed by atoms with Crippen molar-refractivity contribution < 1.29 is 14.3 Å². The summed E-state index contributed by atoms with van der Waals surface area (Å²) < 4.78 is 11.7. The molecule has 3 aromatic rings. The van der Waals surface area contributed by atoms with Crippen LogP contribution in [-0.4, -0.2) is 23.6 Å². The number of hydrogen-bond donors (Lipinski definition) is 1. The fraction of sp³-hybridized carbons (Fsp3) is 0.304. The molecule has 1 aliphatic rings. The molecule has 2 aromatic carbocycles. The summed E-state index contributed by atoms with van der Waals surface area (Å²) >= 11 is 0. The minimum Gasteiger partial charge on any atom is -0.485 e. The molecule has 144 valence electrons. The molecule has 1 amide bonds. The molecule has 0 saturated heterocycles. The van der Waals surface area contributed by atoms with Crippen LogP contribution < -0.4 is 14.8 Å². The Kier molecular flexibility index (Phi) is 4.67. The Balaban J connectivity index is 1.44. The second kappa shape index (κ2) is 7.15. The Labute approximate surface area is 164 Å². The third kappa shape index (κ3) is 3.65. The minimum atomic E-state index is -0.666. The highest BCUT2D eigenvalue weighted by Crippen LogP contribution is 2.36. The van der Waals surface area contributed by atoms with E-state index in [1.165, 1.54) is 5.56 Å². The summed E-state index contributed by atoms with van der Waals surface area (Å²) in [7, 11) is 0. The Hall–Kier alpha value is -3.08. The first-order valence-corrected chi connectivity index (χ1v) is 9.46. The van der Waals surface area contributed by atoms with Crippen LogP contribution in [0.4, 0.5) is 0 Å². The molecule has 1 aliphatic heterocycles. The number of carbonyl (C=O) groups excluding carboxylic acids is 1. The van der Waals surface area contributed by atoms with E-state index in [4.69, 9.17) is 9.47 Å². The van der Waals surface area contributed by atoms with Crippen LogP contribution >= 0.6 is 0 Å². The summed E-state index contributed by atoms with van der Waals surface area (Å²) in [6.07, 6.45) is 1.09. The van der Waals surface area contributed by atoms with Crippen LogP contribution in [-0.2, 0) is 16.8 Å². The molecule has 1 atom stereocenters. The Bertz CT molecular complexity index is 1020. The van der Waals surface area contributed by atoms with Gasteiger partial charge < -0.3 is 14.8 Å². The van der Waals surface area contributed by atoms with Crippen molar-refractivity contribution >= 4 is 16.8 Å². The quantitative estimate of drug-likeness (QED) is 0.751. The van der Waals surface area contributed by atoms with Gasteiger partial charge in [-0.25, -0.2) is 0 Å². The van der Waals surface area contributed by atoms with Gasteiger partial charge in [0.25, 0.3) is 5.91 Å². The maximum Gasteiger partial charge on any atom is 0.264 e. The number of nitrogens with zero attached hydrogens (tertiary/aromatic N) is 1. The largest absolute Gasteiger partial charge is 0.485 e. The van der Waals surface area contributed by atoms with Crippen LogP contribution in [0.25, 0.3) is 10.9 Å². The summed E-state index contributed by atoms with van der Waals surface area (Å²) in [6.45, 7) is 7.06. The second-order valence-corrected chi connectivity index (χ2v) is 8.03. The number of benzene rings is 2. The Morgan fingerprint density at radius 3 is 2.79 bits per heavy atom. The average molecular weight is 376 g/mol. The lowest BCUT2D eigenvalue weighted by Crippen LogP contribution is -2.43. The van der Waals surface area contributed by atoms with E-state index in [0.29, 0.717) is 18.0 Å². The first kappa shape index (κ1) is 18.3. The Morgan fingerprint density at radius 1 is 1.14 bits per heavy atom. The van der Waals surface area contributed by atoms with E-state index in [0.717, 1.165) is 16.5 Å². The highest BCUT2D eigenvalue weighted by Gasteiger charge is 2.28. The van der Waals surface area contributed by atoms with E-state index in [-0.39, 0.29) is 17.9 Å². The van der Waals surface area contributed by atoms with Gasteiger partial charge in [-0.1, -0.05) is 45.0 Å². The van der Waals surface area contributed by atoms with Gasteiger partial charge in [-0.05, 0) is 40.8 Å². The molecule has 1 aromatic heterocycles. The number of aromatic nitrogens is 1. The lowest BCUT2D eigenvalue weighted by Gasteiger charge is -2.28. The predicted molar refractivity (Wildman–Crippen MR) is 109 cm³/mol. The van der Waals surface area contributed by atoms with Crippen molar-refractivity contribution in [3.05, 3.63) is 65.9 Å². The zero-order valence-corrected chi connectivity index (χ0v) is 16.4. The van der Waals surface area contributed by atoms with Crippen molar-refractivity contribution in [2.45, 2.75) is 38.8 Å². The number of para-hydroxylation sites is 1. The van der Waals surface area contributed by atoms with Crippen LogP contribution in [0.5, 0.6) is 11.5 Å². The maximum absolute atomic E-state index is 12.6. The first-order chi connectivity index (χ1) is 13.4. The van der Waals surface area contributed by atoms with Crippen LogP contribution in [0.2, 0.25) is 0 Å². The van der Waals surface area contributed by atoms with Crippen molar-refractivity contribution in [3.8, 4) is 11.5 Å². The highest BCUT2D eigenvalue weighted by atomic mass is 16.6. The number of pyridine rings is 1. The highest BCUT2D eigenvalue weighted by molar-refractivity contribution is 5.84. The van der Waals surface area contributed by atoms with Crippen molar-refractivity contribution in [2.75, 3.05) is 6.61 Å². The van der Waals surface area contributed by atoms with Gasteiger partial charge in [-0.15, -0.1) is 0 Å². The SMILES string of the molecule is CC(C)(C)c1ccc2c(c1)OCC(C(=O)NCc1ccnc3ccccc13)O2. The first-order valence-electron chi connectivity index (χ1n) is 9.46. The fourth-order valence-electron chi connectivity index (χ4n) is 3.27. The molecule has 1 N–H and O–H groups in total. The number of hydrogen-bond acceptors (Lipinski definition) is 4. The number of ether oxygens (including phenoxy) is 2. The molecule has 0 radical (unpaired) electrons. The van der Waals surface area contributed by atoms with Gasteiger partial charge in [0.15, 0.2) is 11.5 Å². The molecule has 5 nitrogen and oxygen atoms in total. The lowest BCUT2D eigenvalue weighted by molar-refractivity contribution is -0.130. The maximum atomic E-state index is 12.6. The molecule has 2 heterocycles. The summed E-state index contributed by atoms with van der Waals surface area (Å²) in [6, 6.07) is 15.7. The molecule has 0 saturated carbocycles. The monoisotopic (exact) mass is 376 g/mol. The molecule has 28 heavy (non-hydrogen) atoms. The lowest BCUT2D eigenvalue weighted by atomic mass is 9.87. The molecular formula is C23H24N2O3. The third-order valence-electron chi connectivity index (χ3n) is 4.95. The third-order valence-corrected chi connectivity index (χ3v) is 4.95. The average Bonchev–Trinajstić information content (AvgIpc) is 2.70. The molecule has 1 unspecified atom stereocenters. The molecule has 0 bridgehead atoms. The Morgan fingerprint density at radius 2 is 1.96 bits per heavy atom. The van der Waals surface area contributed by atoms with Gasteiger partial charge in [-0.3, -0.25) is 9.78 Å². The van der Waals surface area contributed by atoms with Gasteiger partial charge in [0.05, 0.1) is 5.52 Å². The molecule has 0 aliphatic carbocycles. The van der Waals surface area contributed by atoms with Crippen LogP contribution in [0.3, 0.4) is 0 Å². The number of nitrogens with one attached hydrogen (secondary N) is 1. The molecular weight excluding hydrogens is 352 g/mol. The van der Waals surface area contributed by atoms with E-state index < -0.39 is 6.10 Å². The van der Waals surface area contributed by atoms with Crippen LogP contribution in [0.15, 0.2) is 54.7 Å². The molecule has 0 spiro atoms. The zero-order valence-electron chi connectivity index (χ0n) is 16.4. The summed E-state index contributed by atoms with van der Waals surface area (Å²) in [4.78, 5) is 17.0. The van der Waals surface area contributed by atoms with Gasteiger partial charge in [-0.2, -0.15) is 0 Å². The number of fused-ring (bicyclic) bond motifs is 2.